The monoisotopic (exact) mass is 451 g/mol. The average Bonchev–Trinajstić information content (AvgIpc) is 3.51. The molecule has 2 N–H and O–H groups in total. The summed E-state index contributed by atoms with van der Waals surface area (Å²) in [6, 6.07) is 6.28. The first kappa shape index (κ1) is 22.6. The minimum Gasteiger partial charge on any atom is -0.484 e. The molecular formula is C24H29N5O4. The van der Waals surface area contributed by atoms with Crippen molar-refractivity contribution in [1.82, 2.24) is 25.2 Å². The lowest BCUT2D eigenvalue weighted by Crippen LogP contribution is -2.50. The van der Waals surface area contributed by atoms with E-state index in [0.717, 1.165) is 31.5 Å². The Bertz CT molecular complexity index is 1080. The number of pyridine rings is 1. The molecular weight excluding hydrogens is 422 g/mol. The van der Waals surface area contributed by atoms with Crippen LogP contribution >= 0.6 is 0 Å². The summed E-state index contributed by atoms with van der Waals surface area (Å²) in [5, 5.41) is 5.54. The summed E-state index contributed by atoms with van der Waals surface area (Å²) in [7, 11) is 3.49. The molecule has 0 aromatic carbocycles. The second-order valence-electron chi connectivity index (χ2n) is 8.25. The van der Waals surface area contributed by atoms with Crippen molar-refractivity contribution in [2.75, 3.05) is 7.05 Å². The fourth-order valence-electron chi connectivity index (χ4n) is 4.13. The van der Waals surface area contributed by atoms with Crippen molar-refractivity contribution in [3.8, 4) is 17.2 Å². The predicted octanol–water partition coefficient (Wildman–Crippen LogP) is 3.08. The summed E-state index contributed by atoms with van der Waals surface area (Å²) in [4.78, 5) is 33.8. The molecule has 0 aliphatic heterocycles. The van der Waals surface area contributed by atoms with Crippen LogP contribution in [0.2, 0.25) is 0 Å². The van der Waals surface area contributed by atoms with Crippen molar-refractivity contribution in [3.05, 3.63) is 54.4 Å². The highest BCUT2D eigenvalue weighted by molar-refractivity contribution is 5.96. The van der Waals surface area contributed by atoms with Crippen LogP contribution in [0.5, 0.6) is 5.75 Å². The topological polar surface area (TPSA) is 111 Å². The molecule has 1 aliphatic rings. The van der Waals surface area contributed by atoms with Gasteiger partial charge in [0.1, 0.15) is 29.9 Å². The SMILES string of the molecule is CNC(=O)C(NC(=O)c1ccc(-c2ccc(OCc3nccn3C)cn2)o1)C1CCCCC1. The number of carbonyl (C=O) groups excluding carboxylic acids is 2. The first-order valence-electron chi connectivity index (χ1n) is 11.2. The molecule has 33 heavy (non-hydrogen) atoms. The van der Waals surface area contributed by atoms with Crippen molar-refractivity contribution >= 4 is 11.8 Å². The Morgan fingerprint density at radius 2 is 2.00 bits per heavy atom. The highest BCUT2D eigenvalue weighted by atomic mass is 16.5. The molecule has 1 saturated carbocycles. The van der Waals surface area contributed by atoms with Gasteiger partial charge < -0.3 is 24.4 Å². The molecule has 0 spiro atoms. The molecule has 3 aromatic rings. The number of ether oxygens (including phenoxy) is 1. The van der Waals surface area contributed by atoms with Crippen LogP contribution in [-0.4, -0.2) is 39.4 Å². The Kier molecular flexibility index (Phi) is 7.07. The van der Waals surface area contributed by atoms with E-state index in [1.165, 1.54) is 6.42 Å². The second-order valence-corrected chi connectivity index (χ2v) is 8.25. The first-order chi connectivity index (χ1) is 16.0. The Labute approximate surface area is 192 Å². The van der Waals surface area contributed by atoms with Crippen LogP contribution in [0.25, 0.3) is 11.5 Å². The third kappa shape index (κ3) is 5.42. The maximum atomic E-state index is 12.8. The van der Waals surface area contributed by atoms with Crippen molar-refractivity contribution in [1.29, 1.82) is 0 Å². The molecule has 1 atom stereocenters. The number of aryl methyl sites for hydroxylation is 1. The van der Waals surface area contributed by atoms with Crippen molar-refractivity contribution in [3.63, 3.8) is 0 Å². The fraction of sp³-hybridized carbons (Fsp3) is 0.417. The number of hydrogen-bond donors (Lipinski definition) is 2. The summed E-state index contributed by atoms with van der Waals surface area (Å²) in [5.41, 5.74) is 0.577. The van der Waals surface area contributed by atoms with E-state index in [1.54, 1.807) is 43.7 Å². The molecule has 2 amide bonds. The maximum absolute atomic E-state index is 12.8. The minimum atomic E-state index is -0.565. The Hall–Kier alpha value is -3.62. The summed E-state index contributed by atoms with van der Waals surface area (Å²) < 4.78 is 13.4. The average molecular weight is 452 g/mol. The first-order valence-corrected chi connectivity index (χ1v) is 11.2. The molecule has 1 aliphatic carbocycles. The quantitative estimate of drug-likeness (QED) is 0.544. The normalized spacial score (nSPS) is 15.1. The largest absolute Gasteiger partial charge is 0.484 e. The molecule has 9 nitrogen and oxygen atoms in total. The number of amides is 2. The van der Waals surface area contributed by atoms with Crippen molar-refractivity contribution < 1.29 is 18.7 Å². The van der Waals surface area contributed by atoms with Gasteiger partial charge in [-0.05, 0) is 43.0 Å². The van der Waals surface area contributed by atoms with Crippen LogP contribution in [0, 0.1) is 5.92 Å². The van der Waals surface area contributed by atoms with Gasteiger partial charge in [0.25, 0.3) is 5.91 Å². The number of carbonyl (C=O) groups is 2. The highest BCUT2D eigenvalue weighted by Crippen LogP contribution is 2.27. The van der Waals surface area contributed by atoms with Crippen LogP contribution in [-0.2, 0) is 18.4 Å². The van der Waals surface area contributed by atoms with E-state index in [0.29, 0.717) is 23.8 Å². The highest BCUT2D eigenvalue weighted by Gasteiger charge is 2.31. The molecule has 1 unspecified atom stereocenters. The van der Waals surface area contributed by atoms with Gasteiger partial charge in [-0.1, -0.05) is 19.3 Å². The predicted molar refractivity (Wildman–Crippen MR) is 121 cm³/mol. The fourth-order valence-corrected chi connectivity index (χ4v) is 4.13. The van der Waals surface area contributed by atoms with E-state index in [1.807, 2.05) is 17.8 Å². The van der Waals surface area contributed by atoms with E-state index in [4.69, 9.17) is 9.15 Å². The number of furan rings is 1. The molecule has 1 fully saturated rings. The van der Waals surface area contributed by atoms with Gasteiger partial charge in [-0.2, -0.15) is 0 Å². The maximum Gasteiger partial charge on any atom is 0.287 e. The number of nitrogens with zero attached hydrogens (tertiary/aromatic N) is 3. The number of imidazole rings is 1. The van der Waals surface area contributed by atoms with Gasteiger partial charge in [0.15, 0.2) is 11.5 Å². The second kappa shape index (κ2) is 10.3. The van der Waals surface area contributed by atoms with E-state index in [-0.39, 0.29) is 17.6 Å². The zero-order valence-corrected chi connectivity index (χ0v) is 18.9. The summed E-state index contributed by atoms with van der Waals surface area (Å²) in [6.07, 6.45) is 10.4. The van der Waals surface area contributed by atoms with Gasteiger partial charge in [0.2, 0.25) is 5.91 Å². The summed E-state index contributed by atoms with van der Waals surface area (Å²) >= 11 is 0. The van der Waals surface area contributed by atoms with Gasteiger partial charge in [-0.15, -0.1) is 0 Å². The number of nitrogens with one attached hydrogen (secondary N) is 2. The summed E-state index contributed by atoms with van der Waals surface area (Å²) in [6.45, 7) is 0.336. The van der Waals surface area contributed by atoms with Gasteiger partial charge in [-0.25, -0.2) is 9.97 Å². The molecule has 3 aromatic heterocycles. The molecule has 4 rings (SSSR count). The lowest BCUT2D eigenvalue weighted by atomic mass is 9.83. The third-order valence-corrected chi connectivity index (χ3v) is 6.04. The lowest BCUT2D eigenvalue weighted by Gasteiger charge is -2.29. The van der Waals surface area contributed by atoms with Crippen LogP contribution in [0.1, 0.15) is 48.5 Å². The Balaban J connectivity index is 1.39. The minimum absolute atomic E-state index is 0.136. The zero-order chi connectivity index (χ0) is 23.2. The number of likely N-dealkylation sites (N-methyl/N-ethyl adjacent to an activating group) is 1. The van der Waals surface area contributed by atoms with E-state index < -0.39 is 11.9 Å². The van der Waals surface area contributed by atoms with E-state index in [9.17, 15) is 9.59 Å². The van der Waals surface area contributed by atoms with Crippen LogP contribution < -0.4 is 15.4 Å². The molecule has 0 saturated heterocycles. The standard InChI is InChI=1S/C24H29N5O4/c1-25-24(31)22(16-6-4-3-5-7-16)28-23(30)20-11-10-19(33-20)18-9-8-17(14-27-18)32-15-21-26-12-13-29(21)2/h8-14,16,22H,3-7,15H2,1-2H3,(H,25,31)(H,28,30). The van der Waals surface area contributed by atoms with E-state index >= 15 is 0 Å². The van der Waals surface area contributed by atoms with Gasteiger partial charge in [-0.3, -0.25) is 9.59 Å². The van der Waals surface area contributed by atoms with Crippen LogP contribution in [0.15, 0.2) is 47.3 Å². The number of rotatable bonds is 8. The van der Waals surface area contributed by atoms with Crippen molar-refractivity contribution in [2.24, 2.45) is 13.0 Å². The van der Waals surface area contributed by atoms with Gasteiger partial charge in [0.05, 0.1) is 6.20 Å². The molecule has 0 bridgehead atoms. The Morgan fingerprint density at radius 1 is 1.18 bits per heavy atom. The molecule has 9 heteroatoms. The zero-order valence-electron chi connectivity index (χ0n) is 18.9. The molecule has 0 radical (unpaired) electrons. The molecule has 3 heterocycles. The number of aromatic nitrogens is 3. The molecule has 174 valence electrons. The lowest BCUT2D eigenvalue weighted by molar-refractivity contribution is -0.124. The third-order valence-electron chi connectivity index (χ3n) is 6.04. The Morgan fingerprint density at radius 3 is 2.67 bits per heavy atom. The van der Waals surface area contributed by atoms with Gasteiger partial charge in [0, 0.05) is 26.5 Å². The number of hydrogen-bond acceptors (Lipinski definition) is 6. The summed E-state index contributed by atoms with van der Waals surface area (Å²) in [5.74, 6) is 1.57. The smallest absolute Gasteiger partial charge is 0.287 e. The van der Waals surface area contributed by atoms with Crippen molar-refractivity contribution in [2.45, 2.75) is 44.8 Å². The van der Waals surface area contributed by atoms with E-state index in [2.05, 4.69) is 20.6 Å². The van der Waals surface area contributed by atoms with Gasteiger partial charge >= 0.3 is 0 Å². The van der Waals surface area contributed by atoms with Crippen LogP contribution in [0.3, 0.4) is 0 Å². The van der Waals surface area contributed by atoms with Crippen LogP contribution in [0.4, 0.5) is 0 Å².